The molecule has 0 aliphatic rings. The zero-order chi connectivity index (χ0) is 19.1. The van der Waals surface area contributed by atoms with E-state index in [1.165, 1.54) is 0 Å². The first-order valence-corrected chi connectivity index (χ1v) is 11.2. The Morgan fingerprint density at radius 3 is 1.92 bits per heavy atom. The van der Waals surface area contributed by atoms with Crippen molar-refractivity contribution in [3.05, 3.63) is 27.9 Å². The first-order chi connectivity index (χ1) is 11.7. The van der Waals surface area contributed by atoms with E-state index in [4.69, 9.17) is 9.47 Å². The highest BCUT2D eigenvalue weighted by molar-refractivity contribution is 14.1. The Balaban J connectivity index is 3.08. The van der Waals surface area contributed by atoms with Crippen molar-refractivity contribution in [3.8, 4) is 0 Å². The molecule has 5 nitrogen and oxygen atoms in total. The van der Waals surface area contributed by atoms with E-state index in [0.29, 0.717) is 31.3 Å². The van der Waals surface area contributed by atoms with E-state index in [1.807, 2.05) is 66.0 Å². The second kappa shape index (κ2) is 11.2. The average molecular weight is 686 g/mol. The first kappa shape index (κ1) is 23.3. The normalized spacial score (nSPS) is 13.2. The summed E-state index contributed by atoms with van der Waals surface area (Å²) in [7, 11) is 0. The second-order valence-electron chi connectivity index (χ2n) is 5.68. The molecule has 2 unspecified atom stereocenters. The van der Waals surface area contributed by atoms with Crippen LogP contribution in [0.3, 0.4) is 0 Å². The van der Waals surface area contributed by atoms with Crippen molar-refractivity contribution in [2.24, 2.45) is 5.92 Å². The number of esters is 2. The monoisotopic (exact) mass is 686 g/mol. The number of ether oxygens (including phenoxy) is 2. The molecule has 1 rings (SSSR count). The summed E-state index contributed by atoms with van der Waals surface area (Å²) in [6, 6.07) is 1.76. The number of rotatable bonds is 8. The maximum Gasteiger partial charge on any atom is 0.340 e. The maximum absolute atomic E-state index is 12.5. The highest BCUT2D eigenvalue weighted by atomic mass is 127. The number of carbonyl (C=O) groups excluding carboxylic acids is 2. The van der Waals surface area contributed by atoms with E-state index in [-0.39, 0.29) is 12.5 Å². The summed E-state index contributed by atoms with van der Waals surface area (Å²) >= 11 is 6.10. The summed E-state index contributed by atoms with van der Waals surface area (Å²) in [4.78, 5) is 24.9. The molecule has 0 fully saturated rings. The standard InChI is InChI=1S/C17H21I3O5/c1-4-9(3)7-24-16(22)13-11(18)6-12(19)14(15(13)20)17(23)25-8-10(21)5-2/h6,9-10,21H,4-5,7-8H2,1-3H3. The van der Waals surface area contributed by atoms with Gasteiger partial charge in [-0.05, 0) is 86.2 Å². The van der Waals surface area contributed by atoms with Crippen molar-refractivity contribution in [1.29, 1.82) is 0 Å². The molecule has 0 aliphatic carbocycles. The molecule has 1 aromatic rings. The van der Waals surface area contributed by atoms with Crippen LogP contribution in [-0.4, -0.2) is 36.4 Å². The van der Waals surface area contributed by atoms with Gasteiger partial charge in [0.2, 0.25) is 0 Å². The molecule has 1 aromatic carbocycles. The summed E-state index contributed by atoms with van der Waals surface area (Å²) in [6.45, 7) is 6.13. The fourth-order valence-electron chi connectivity index (χ4n) is 1.73. The molecular formula is C17H21I3O5. The smallest absolute Gasteiger partial charge is 0.340 e. The van der Waals surface area contributed by atoms with Crippen LogP contribution in [0.4, 0.5) is 0 Å². The summed E-state index contributed by atoms with van der Waals surface area (Å²) in [5.74, 6) is -0.704. The van der Waals surface area contributed by atoms with E-state index < -0.39 is 18.0 Å². The van der Waals surface area contributed by atoms with E-state index >= 15 is 0 Å². The van der Waals surface area contributed by atoms with Crippen LogP contribution in [0.15, 0.2) is 6.07 Å². The number of hydrogen-bond acceptors (Lipinski definition) is 5. The third kappa shape index (κ3) is 6.76. The van der Waals surface area contributed by atoms with Gasteiger partial charge in [-0.2, -0.15) is 0 Å². The lowest BCUT2D eigenvalue weighted by Crippen LogP contribution is -2.21. The van der Waals surface area contributed by atoms with Gasteiger partial charge < -0.3 is 14.6 Å². The molecule has 25 heavy (non-hydrogen) atoms. The third-order valence-corrected chi connectivity index (χ3v) is 6.43. The fourth-order valence-corrected chi connectivity index (χ4v) is 5.99. The van der Waals surface area contributed by atoms with Crippen LogP contribution >= 0.6 is 67.8 Å². The second-order valence-corrected chi connectivity index (χ2v) is 9.08. The number of aliphatic hydroxyl groups excluding tert-OH is 1. The molecule has 0 radical (unpaired) electrons. The van der Waals surface area contributed by atoms with Crippen LogP contribution in [0, 0.1) is 16.6 Å². The van der Waals surface area contributed by atoms with Crippen molar-refractivity contribution in [2.45, 2.75) is 39.7 Å². The maximum atomic E-state index is 12.5. The molecule has 0 spiro atoms. The Labute approximate surface area is 189 Å². The SMILES string of the molecule is CCC(C)COC(=O)c1c(I)cc(I)c(C(=O)OCC(O)CC)c1I. The number of hydrogen-bond donors (Lipinski definition) is 1. The van der Waals surface area contributed by atoms with Crippen LogP contribution in [-0.2, 0) is 9.47 Å². The van der Waals surface area contributed by atoms with Crippen LogP contribution in [0.1, 0.15) is 54.3 Å². The summed E-state index contributed by atoms with van der Waals surface area (Å²) in [5, 5.41) is 9.57. The van der Waals surface area contributed by atoms with Gasteiger partial charge in [0.05, 0.1) is 23.8 Å². The Hall–Kier alpha value is 0.310. The van der Waals surface area contributed by atoms with Gasteiger partial charge in [0.15, 0.2) is 0 Å². The number of halogens is 3. The van der Waals surface area contributed by atoms with E-state index in [1.54, 1.807) is 6.07 Å². The topological polar surface area (TPSA) is 72.8 Å². The van der Waals surface area contributed by atoms with Crippen molar-refractivity contribution in [3.63, 3.8) is 0 Å². The molecule has 0 aliphatic heterocycles. The van der Waals surface area contributed by atoms with Crippen molar-refractivity contribution < 1.29 is 24.2 Å². The Morgan fingerprint density at radius 2 is 1.48 bits per heavy atom. The molecule has 2 atom stereocenters. The molecule has 0 aromatic heterocycles. The van der Waals surface area contributed by atoms with Crippen LogP contribution in [0.2, 0.25) is 0 Å². The predicted octanol–water partition coefficient (Wildman–Crippen LogP) is 4.63. The summed E-state index contributed by atoms with van der Waals surface area (Å²) < 4.78 is 12.5. The summed E-state index contributed by atoms with van der Waals surface area (Å²) in [5.41, 5.74) is 0.716. The zero-order valence-electron chi connectivity index (χ0n) is 14.3. The Kier molecular flexibility index (Phi) is 10.5. The molecular weight excluding hydrogens is 665 g/mol. The van der Waals surface area contributed by atoms with E-state index in [9.17, 15) is 14.7 Å². The molecule has 0 bridgehead atoms. The number of carbonyl (C=O) groups is 2. The molecule has 0 saturated carbocycles. The lowest BCUT2D eigenvalue weighted by atomic mass is 10.1. The minimum absolute atomic E-state index is 0.0682. The summed E-state index contributed by atoms with van der Waals surface area (Å²) in [6.07, 6.45) is 0.732. The highest BCUT2D eigenvalue weighted by Crippen LogP contribution is 2.29. The molecule has 0 saturated heterocycles. The lowest BCUT2D eigenvalue weighted by Gasteiger charge is -2.15. The minimum Gasteiger partial charge on any atom is -0.462 e. The van der Waals surface area contributed by atoms with Gasteiger partial charge in [-0.15, -0.1) is 0 Å². The van der Waals surface area contributed by atoms with Gasteiger partial charge in [0.25, 0.3) is 0 Å². The quantitative estimate of drug-likeness (QED) is 0.319. The zero-order valence-corrected chi connectivity index (χ0v) is 20.7. The molecule has 140 valence electrons. The van der Waals surface area contributed by atoms with Gasteiger partial charge >= 0.3 is 11.9 Å². The largest absolute Gasteiger partial charge is 0.462 e. The lowest BCUT2D eigenvalue weighted by molar-refractivity contribution is 0.0248. The van der Waals surface area contributed by atoms with Gasteiger partial charge in [-0.25, -0.2) is 9.59 Å². The van der Waals surface area contributed by atoms with Gasteiger partial charge in [-0.3, -0.25) is 0 Å². The molecule has 0 amide bonds. The number of benzene rings is 1. The van der Waals surface area contributed by atoms with Crippen molar-refractivity contribution in [1.82, 2.24) is 0 Å². The fraction of sp³-hybridized carbons (Fsp3) is 0.529. The van der Waals surface area contributed by atoms with Crippen molar-refractivity contribution >= 4 is 79.7 Å². The molecule has 1 N–H and O–H groups in total. The van der Waals surface area contributed by atoms with Gasteiger partial charge in [0, 0.05) is 10.7 Å². The van der Waals surface area contributed by atoms with Gasteiger partial charge in [0.1, 0.15) is 6.61 Å². The molecule has 0 heterocycles. The highest BCUT2D eigenvalue weighted by Gasteiger charge is 2.26. The van der Waals surface area contributed by atoms with Crippen LogP contribution < -0.4 is 0 Å². The minimum atomic E-state index is -0.692. The van der Waals surface area contributed by atoms with E-state index in [0.717, 1.165) is 9.99 Å². The number of aliphatic hydroxyl groups is 1. The third-order valence-electron chi connectivity index (χ3n) is 3.65. The predicted molar refractivity (Wildman–Crippen MR) is 121 cm³/mol. The van der Waals surface area contributed by atoms with Gasteiger partial charge in [-0.1, -0.05) is 27.2 Å². The van der Waals surface area contributed by atoms with Crippen LogP contribution in [0.5, 0.6) is 0 Å². The molecule has 8 heteroatoms. The first-order valence-electron chi connectivity index (χ1n) is 7.92. The Bertz CT molecular complexity index is 583. The van der Waals surface area contributed by atoms with Crippen LogP contribution in [0.25, 0.3) is 0 Å². The van der Waals surface area contributed by atoms with Crippen molar-refractivity contribution in [2.75, 3.05) is 13.2 Å². The average Bonchev–Trinajstić information content (AvgIpc) is 2.56. The van der Waals surface area contributed by atoms with E-state index in [2.05, 4.69) is 22.6 Å². The Morgan fingerprint density at radius 1 is 1.00 bits per heavy atom.